The minimum Gasteiger partial charge on any atom is -0.444 e. The normalized spacial score (nSPS) is 16.9. The monoisotopic (exact) mass is 315 g/mol. The molecule has 1 atom stereocenters. The van der Waals surface area contributed by atoms with Crippen molar-refractivity contribution in [3.05, 3.63) is 47.5 Å². The molecule has 1 fully saturated rings. The van der Waals surface area contributed by atoms with Gasteiger partial charge in [0.25, 0.3) is 0 Å². The van der Waals surface area contributed by atoms with Gasteiger partial charge in [0, 0.05) is 13.1 Å². The number of rotatable bonds is 3. The van der Waals surface area contributed by atoms with E-state index in [1.807, 2.05) is 25.7 Å². The molecule has 0 saturated carbocycles. The number of hydrogen-bond donors (Lipinski definition) is 0. The third kappa shape index (κ3) is 5.74. The van der Waals surface area contributed by atoms with Gasteiger partial charge in [-0.25, -0.2) is 4.79 Å². The van der Waals surface area contributed by atoms with Crippen molar-refractivity contribution in [3.8, 4) is 0 Å². The number of likely N-dealkylation sites (tertiary alicyclic amines) is 1. The Morgan fingerprint density at radius 3 is 2.39 bits per heavy atom. The minimum atomic E-state index is -0.418. The molecule has 1 heterocycles. The van der Waals surface area contributed by atoms with Crippen molar-refractivity contribution in [1.82, 2.24) is 4.90 Å². The SMILES string of the molecule is CC(CC=C1CCN(C(=O)OC(C)(C)C)CC1)c1ccccc1. The Bertz CT molecular complexity index is 533. The van der Waals surface area contributed by atoms with Crippen LogP contribution in [-0.2, 0) is 4.74 Å². The summed E-state index contributed by atoms with van der Waals surface area (Å²) in [5, 5.41) is 0. The number of carbonyl (C=O) groups is 1. The molecule has 1 aromatic carbocycles. The molecule has 23 heavy (non-hydrogen) atoms. The first-order valence-corrected chi connectivity index (χ1v) is 8.56. The standard InChI is InChI=1S/C20H29NO2/c1-16(18-8-6-5-7-9-18)10-11-17-12-14-21(15-13-17)19(22)23-20(2,3)4/h5-9,11,16H,10,12-15H2,1-4H3. The molecule has 1 aliphatic rings. The summed E-state index contributed by atoms with van der Waals surface area (Å²) in [7, 11) is 0. The van der Waals surface area contributed by atoms with E-state index >= 15 is 0 Å². The van der Waals surface area contributed by atoms with E-state index in [1.54, 1.807) is 0 Å². The van der Waals surface area contributed by atoms with Crippen LogP contribution in [0.1, 0.15) is 58.4 Å². The van der Waals surface area contributed by atoms with E-state index in [4.69, 9.17) is 4.74 Å². The molecule has 0 aromatic heterocycles. The van der Waals surface area contributed by atoms with Gasteiger partial charge in [-0.3, -0.25) is 0 Å². The van der Waals surface area contributed by atoms with Gasteiger partial charge in [0.2, 0.25) is 0 Å². The zero-order valence-electron chi connectivity index (χ0n) is 14.8. The van der Waals surface area contributed by atoms with Crippen LogP contribution >= 0.6 is 0 Å². The van der Waals surface area contributed by atoms with E-state index in [9.17, 15) is 4.79 Å². The molecular formula is C20H29NO2. The van der Waals surface area contributed by atoms with Crippen molar-refractivity contribution in [2.75, 3.05) is 13.1 Å². The Labute approximate surface area is 140 Å². The smallest absolute Gasteiger partial charge is 0.410 e. The molecule has 0 N–H and O–H groups in total. The maximum atomic E-state index is 12.1. The van der Waals surface area contributed by atoms with Crippen LogP contribution in [0.3, 0.4) is 0 Å². The Balaban J connectivity index is 1.81. The lowest BCUT2D eigenvalue weighted by molar-refractivity contribution is 0.0236. The molecule has 1 saturated heterocycles. The second-order valence-corrected chi connectivity index (χ2v) is 7.38. The van der Waals surface area contributed by atoms with Crippen molar-refractivity contribution >= 4 is 6.09 Å². The van der Waals surface area contributed by atoms with E-state index in [0.29, 0.717) is 5.92 Å². The van der Waals surface area contributed by atoms with Crippen LogP contribution in [0.25, 0.3) is 0 Å². The first kappa shape index (κ1) is 17.6. The van der Waals surface area contributed by atoms with Gasteiger partial charge in [0.15, 0.2) is 0 Å². The van der Waals surface area contributed by atoms with E-state index in [-0.39, 0.29) is 6.09 Å². The Morgan fingerprint density at radius 1 is 1.22 bits per heavy atom. The van der Waals surface area contributed by atoms with Gasteiger partial charge < -0.3 is 9.64 Å². The lowest BCUT2D eigenvalue weighted by atomic mass is 9.94. The number of nitrogens with zero attached hydrogens (tertiary/aromatic N) is 1. The van der Waals surface area contributed by atoms with Crippen LogP contribution in [0.2, 0.25) is 0 Å². The molecule has 0 aliphatic carbocycles. The second-order valence-electron chi connectivity index (χ2n) is 7.38. The van der Waals surface area contributed by atoms with E-state index in [1.165, 1.54) is 11.1 Å². The van der Waals surface area contributed by atoms with Gasteiger partial charge in [-0.05, 0) is 51.5 Å². The molecule has 126 valence electrons. The second kappa shape index (κ2) is 7.67. The molecule has 0 bridgehead atoms. The predicted molar refractivity (Wildman–Crippen MR) is 94.6 cm³/mol. The number of piperidine rings is 1. The van der Waals surface area contributed by atoms with Gasteiger partial charge in [-0.1, -0.05) is 48.9 Å². The minimum absolute atomic E-state index is 0.186. The predicted octanol–water partition coefficient (Wildman–Crippen LogP) is 5.14. The highest BCUT2D eigenvalue weighted by Gasteiger charge is 2.24. The maximum Gasteiger partial charge on any atom is 0.410 e. The van der Waals surface area contributed by atoms with Crippen LogP contribution in [0.15, 0.2) is 42.0 Å². The maximum absolute atomic E-state index is 12.1. The van der Waals surface area contributed by atoms with Crippen LogP contribution in [0.4, 0.5) is 4.79 Å². The molecule has 0 spiro atoms. The molecule has 1 amide bonds. The summed E-state index contributed by atoms with van der Waals surface area (Å²) >= 11 is 0. The molecule has 3 nitrogen and oxygen atoms in total. The van der Waals surface area contributed by atoms with Gasteiger partial charge in [0.05, 0.1) is 0 Å². The fourth-order valence-corrected chi connectivity index (χ4v) is 2.77. The van der Waals surface area contributed by atoms with Gasteiger partial charge in [-0.15, -0.1) is 0 Å². The molecule has 1 unspecified atom stereocenters. The van der Waals surface area contributed by atoms with Gasteiger partial charge in [-0.2, -0.15) is 0 Å². The zero-order valence-corrected chi connectivity index (χ0v) is 14.8. The zero-order chi connectivity index (χ0) is 16.9. The fraction of sp³-hybridized carbons (Fsp3) is 0.550. The lowest BCUT2D eigenvalue weighted by Crippen LogP contribution is -2.40. The third-order valence-electron chi connectivity index (χ3n) is 4.19. The van der Waals surface area contributed by atoms with Crippen molar-refractivity contribution in [2.45, 2.75) is 58.5 Å². The summed E-state index contributed by atoms with van der Waals surface area (Å²) in [6, 6.07) is 10.6. The average molecular weight is 315 g/mol. The van der Waals surface area contributed by atoms with Crippen LogP contribution in [0.5, 0.6) is 0 Å². The number of benzene rings is 1. The van der Waals surface area contributed by atoms with Crippen LogP contribution in [0, 0.1) is 0 Å². The van der Waals surface area contributed by atoms with E-state index in [0.717, 1.165) is 32.4 Å². The average Bonchev–Trinajstić information content (AvgIpc) is 2.52. The lowest BCUT2D eigenvalue weighted by Gasteiger charge is -2.31. The number of allylic oxidation sites excluding steroid dienone is 1. The highest BCUT2D eigenvalue weighted by molar-refractivity contribution is 5.68. The highest BCUT2D eigenvalue weighted by Crippen LogP contribution is 2.24. The van der Waals surface area contributed by atoms with Crippen LogP contribution in [-0.4, -0.2) is 29.7 Å². The summed E-state index contributed by atoms with van der Waals surface area (Å²) in [6.07, 6.45) is 5.16. The summed E-state index contributed by atoms with van der Waals surface area (Å²) < 4.78 is 5.44. The third-order valence-corrected chi connectivity index (χ3v) is 4.19. The molecular weight excluding hydrogens is 286 g/mol. The Hall–Kier alpha value is -1.77. The summed E-state index contributed by atoms with van der Waals surface area (Å²) in [5.41, 5.74) is 2.43. The number of ether oxygens (including phenoxy) is 1. The number of hydrogen-bond acceptors (Lipinski definition) is 2. The Morgan fingerprint density at radius 2 is 1.83 bits per heavy atom. The molecule has 1 aromatic rings. The van der Waals surface area contributed by atoms with Crippen molar-refractivity contribution in [2.24, 2.45) is 0 Å². The Kier molecular flexibility index (Phi) is 5.86. The molecule has 0 radical (unpaired) electrons. The molecule has 3 heteroatoms. The van der Waals surface area contributed by atoms with Crippen molar-refractivity contribution in [1.29, 1.82) is 0 Å². The highest BCUT2D eigenvalue weighted by atomic mass is 16.6. The topological polar surface area (TPSA) is 29.5 Å². The van der Waals surface area contributed by atoms with Crippen molar-refractivity contribution < 1.29 is 9.53 Å². The summed E-state index contributed by atoms with van der Waals surface area (Å²) in [6.45, 7) is 9.52. The molecule has 2 rings (SSSR count). The van der Waals surface area contributed by atoms with Gasteiger partial charge >= 0.3 is 6.09 Å². The van der Waals surface area contributed by atoms with Crippen molar-refractivity contribution in [3.63, 3.8) is 0 Å². The van der Waals surface area contributed by atoms with E-state index < -0.39 is 5.60 Å². The number of amides is 1. The largest absolute Gasteiger partial charge is 0.444 e. The quantitative estimate of drug-likeness (QED) is 0.723. The molecule has 1 aliphatic heterocycles. The first-order chi connectivity index (χ1) is 10.8. The van der Waals surface area contributed by atoms with Crippen LogP contribution < -0.4 is 0 Å². The number of carbonyl (C=O) groups excluding carboxylic acids is 1. The summed E-state index contributed by atoms with van der Waals surface area (Å²) in [4.78, 5) is 13.9. The van der Waals surface area contributed by atoms with Gasteiger partial charge in [0.1, 0.15) is 5.60 Å². The van der Waals surface area contributed by atoms with E-state index in [2.05, 4.69) is 43.3 Å². The first-order valence-electron chi connectivity index (χ1n) is 8.56. The summed E-state index contributed by atoms with van der Waals surface area (Å²) in [5.74, 6) is 0.535. The fourth-order valence-electron chi connectivity index (χ4n) is 2.77.